The van der Waals surface area contributed by atoms with Crippen LogP contribution in [0.3, 0.4) is 0 Å². The first kappa shape index (κ1) is 11.0. The number of benzene rings is 1. The van der Waals surface area contributed by atoms with Crippen molar-refractivity contribution in [3.63, 3.8) is 0 Å². The monoisotopic (exact) mass is 261 g/mol. The average molecular weight is 262 g/mol. The van der Waals surface area contributed by atoms with Crippen molar-refractivity contribution in [2.45, 2.75) is 5.92 Å². The Morgan fingerprint density at radius 1 is 1.28 bits per heavy atom. The molecule has 0 saturated carbocycles. The van der Waals surface area contributed by atoms with E-state index in [-0.39, 0.29) is 11.8 Å². The van der Waals surface area contributed by atoms with Crippen LogP contribution in [-0.2, 0) is 4.79 Å². The van der Waals surface area contributed by atoms with Crippen LogP contribution in [0.2, 0.25) is 5.02 Å². The normalized spacial score (nSPS) is 18.4. The first-order valence-corrected chi connectivity index (χ1v) is 5.69. The molecule has 2 aromatic rings. The summed E-state index contributed by atoms with van der Waals surface area (Å²) in [5.41, 5.74) is 0.561. The lowest BCUT2D eigenvalue weighted by Gasteiger charge is -2.22. The Balaban J connectivity index is 2.08. The molecule has 0 bridgehead atoms. The minimum Gasteiger partial charge on any atom is -0.310 e. The van der Waals surface area contributed by atoms with E-state index in [2.05, 4.69) is 10.4 Å². The number of fused-ring (bicyclic) bond motifs is 1. The van der Waals surface area contributed by atoms with E-state index in [0.29, 0.717) is 16.4 Å². The van der Waals surface area contributed by atoms with Gasteiger partial charge in [0.15, 0.2) is 0 Å². The topological polar surface area (TPSA) is 64.0 Å². The van der Waals surface area contributed by atoms with Gasteiger partial charge in [0.25, 0.3) is 5.91 Å². The molecule has 0 spiro atoms. The summed E-state index contributed by atoms with van der Waals surface area (Å²) in [6, 6.07) is 8.27. The highest BCUT2D eigenvalue weighted by molar-refractivity contribution is 6.30. The first-order valence-electron chi connectivity index (χ1n) is 5.31. The second-order valence-electron chi connectivity index (χ2n) is 3.94. The maximum absolute atomic E-state index is 12.2. The molecular formula is C12H8ClN3O2. The van der Waals surface area contributed by atoms with Gasteiger partial charge >= 0.3 is 0 Å². The molecule has 1 unspecified atom stereocenters. The average Bonchev–Trinajstić information content (AvgIpc) is 2.77. The molecule has 6 heteroatoms. The Morgan fingerprint density at radius 3 is 2.89 bits per heavy atom. The van der Waals surface area contributed by atoms with Crippen LogP contribution >= 0.6 is 11.6 Å². The van der Waals surface area contributed by atoms with Crippen LogP contribution in [0.5, 0.6) is 0 Å². The summed E-state index contributed by atoms with van der Waals surface area (Å²) in [7, 11) is 0. The van der Waals surface area contributed by atoms with Gasteiger partial charge in [0.05, 0.1) is 6.20 Å². The van der Waals surface area contributed by atoms with E-state index in [0.717, 1.165) is 0 Å². The third-order valence-corrected chi connectivity index (χ3v) is 3.03. The van der Waals surface area contributed by atoms with Gasteiger partial charge in [-0.05, 0) is 17.7 Å². The number of hydrogen-bond donors (Lipinski definition) is 1. The lowest BCUT2D eigenvalue weighted by molar-refractivity contribution is -0.117. The summed E-state index contributed by atoms with van der Waals surface area (Å²) in [4.78, 5) is 24.2. The van der Waals surface area contributed by atoms with Gasteiger partial charge in [-0.3, -0.25) is 9.59 Å². The predicted molar refractivity (Wildman–Crippen MR) is 65.7 cm³/mol. The van der Waals surface area contributed by atoms with Crippen LogP contribution in [0, 0.1) is 0 Å². The van der Waals surface area contributed by atoms with Gasteiger partial charge in [0.1, 0.15) is 11.7 Å². The first-order chi connectivity index (χ1) is 8.66. The Bertz CT molecular complexity index is 650. The number of amides is 1. The number of hydrogen-bond acceptors (Lipinski definition) is 3. The van der Waals surface area contributed by atoms with Crippen LogP contribution in [0.15, 0.2) is 36.5 Å². The zero-order chi connectivity index (χ0) is 12.7. The zero-order valence-electron chi connectivity index (χ0n) is 9.13. The van der Waals surface area contributed by atoms with E-state index in [1.165, 1.54) is 10.9 Å². The number of carbonyl (C=O) groups excluding carboxylic acids is 2. The third-order valence-electron chi connectivity index (χ3n) is 2.79. The second-order valence-corrected chi connectivity index (χ2v) is 4.38. The molecule has 1 atom stereocenters. The van der Waals surface area contributed by atoms with Crippen molar-refractivity contribution in [1.82, 2.24) is 9.78 Å². The van der Waals surface area contributed by atoms with Crippen molar-refractivity contribution in [3.05, 3.63) is 47.1 Å². The summed E-state index contributed by atoms with van der Waals surface area (Å²) in [5.74, 6) is -1.25. The molecule has 3 rings (SSSR count). The number of rotatable bonds is 1. The molecule has 1 aromatic carbocycles. The van der Waals surface area contributed by atoms with E-state index in [4.69, 9.17) is 11.6 Å². The van der Waals surface area contributed by atoms with Crippen LogP contribution in [-0.4, -0.2) is 21.6 Å². The van der Waals surface area contributed by atoms with E-state index >= 15 is 0 Å². The predicted octanol–water partition coefficient (Wildman–Crippen LogP) is 1.91. The third kappa shape index (κ3) is 1.60. The second kappa shape index (κ2) is 3.96. The molecule has 0 fully saturated rings. The Hall–Kier alpha value is -2.14. The van der Waals surface area contributed by atoms with Crippen molar-refractivity contribution in [2.75, 3.05) is 5.32 Å². The van der Waals surface area contributed by atoms with Gasteiger partial charge in [-0.1, -0.05) is 23.7 Å². The number of halogens is 1. The van der Waals surface area contributed by atoms with E-state index in [1.807, 2.05) is 0 Å². The molecule has 1 aliphatic rings. The molecule has 5 nitrogen and oxygen atoms in total. The highest BCUT2D eigenvalue weighted by Gasteiger charge is 2.36. The van der Waals surface area contributed by atoms with Gasteiger partial charge in [-0.25, -0.2) is 0 Å². The maximum Gasteiger partial charge on any atom is 0.265 e. The molecule has 18 heavy (non-hydrogen) atoms. The van der Waals surface area contributed by atoms with Crippen LogP contribution in [0.1, 0.15) is 16.3 Å². The standard InChI is InChI=1S/C12H8ClN3O2/c13-8-3-1-2-7(6-8)10-11(17)15-9-4-5-14-16(9)12(10)18/h1-6,10H,(H,15,17). The lowest BCUT2D eigenvalue weighted by atomic mass is 9.96. The van der Waals surface area contributed by atoms with E-state index in [1.54, 1.807) is 30.3 Å². The van der Waals surface area contributed by atoms with Crippen molar-refractivity contribution in [3.8, 4) is 0 Å². The summed E-state index contributed by atoms with van der Waals surface area (Å²) in [5, 5.41) is 7.01. The van der Waals surface area contributed by atoms with Crippen LogP contribution in [0.25, 0.3) is 0 Å². The van der Waals surface area contributed by atoms with Crippen molar-refractivity contribution < 1.29 is 9.59 Å². The molecule has 0 radical (unpaired) electrons. The molecule has 0 saturated heterocycles. The van der Waals surface area contributed by atoms with Crippen molar-refractivity contribution in [2.24, 2.45) is 0 Å². The highest BCUT2D eigenvalue weighted by atomic mass is 35.5. The molecule has 1 aliphatic heterocycles. The largest absolute Gasteiger partial charge is 0.310 e. The Labute approximate surface area is 107 Å². The SMILES string of the molecule is O=C1Nc2ccnn2C(=O)C1c1cccc(Cl)c1. The summed E-state index contributed by atoms with van der Waals surface area (Å²) in [6.07, 6.45) is 1.47. The number of nitrogens with zero attached hydrogens (tertiary/aromatic N) is 2. The molecule has 90 valence electrons. The van der Waals surface area contributed by atoms with Gasteiger partial charge in [0.2, 0.25) is 5.91 Å². The number of aromatic nitrogens is 2. The minimum atomic E-state index is -0.906. The summed E-state index contributed by atoms with van der Waals surface area (Å²) in [6.45, 7) is 0. The van der Waals surface area contributed by atoms with Gasteiger partial charge < -0.3 is 5.32 Å². The fraction of sp³-hybridized carbons (Fsp3) is 0.0833. The van der Waals surface area contributed by atoms with Crippen LogP contribution in [0.4, 0.5) is 5.82 Å². The fourth-order valence-corrected chi connectivity index (χ4v) is 2.19. The number of nitrogens with one attached hydrogen (secondary N) is 1. The zero-order valence-corrected chi connectivity index (χ0v) is 9.89. The van der Waals surface area contributed by atoms with Gasteiger partial charge in [-0.2, -0.15) is 9.78 Å². The Morgan fingerprint density at radius 2 is 2.11 bits per heavy atom. The van der Waals surface area contributed by atoms with E-state index < -0.39 is 5.92 Å². The minimum absolute atomic E-state index is 0.365. The van der Waals surface area contributed by atoms with Gasteiger partial charge in [0, 0.05) is 11.1 Å². The van der Waals surface area contributed by atoms with Crippen molar-refractivity contribution in [1.29, 1.82) is 0 Å². The molecule has 0 aliphatic carbocycles. The maximum atomic E-state index is 12.2. The van der Waals surface area contributed by atoms with Gasteiger partial charge in [-0.15, -0.1) is 0 Å². The van der Waals surface area contributed by atoms with Crippen molar-refractivity contribution >= 4 is 29.2 Å². The fourth-order valence-electron chi connectivity index (χ4n) is 1.99. The molecule has 1 N–H and O–H groups in total. The summed E-state index contributed by atoms with van der Waals surface area (Å²) < 4.78 is 1.19. The summed E-state index contributed by atoms with van der Waals surface area (Å²) >= 11 is 5.87. The molecule has 1 amide bonds. The van der Waals surface area contributed by atoms with E-state index in [9.17, 15) is 9.59 Å². The number of carbonyl (C=O) groups is 2. The highest BCUT2D eigenvalue weighted by Crippen LogP contribution is 2.27. The van der Waals surface area contributed by atoms with Crippen LogP contribution < -0.4 is 5.32 Å². The smallest absolute Gasteiger partial charge is 0.265 e. The quantitative estimate of drug-likeness (QED) is 0.798. The molecule has 1 aromatic heterocycles. The number of anilines is 1. The molecule has 2 heterocycles. The Kier molecular flexibility index (Phi) is 2.41. The molecular weight excluding hydrogens is 254 g/mol. The lowest BCUT2D eigenvalue weighted by Crippen LogP contribution is -2.38.